The third kappa shape index (κ3) is 6.22. The number of nitrogens with two attached hydrogens (primary N) is 1. The monoisotopic (exact) mass is 511 g/mol. The number of carbonyl (C=O) groups is 1. The van der Waals surface area contributed by atoms with E-state index in [1.165, 1.54) is 0 Å². The Morgan fingerprint density at radius 1 is 1.22 bits per heavy atom. The first-order chi connectivity index (χ1) is 17.7. The third-order valence-electron chi connectivity index (χ3n) is 6.51. The summed E-state index contributed by atoms with van der Waals surface area (Å²) in [5.41, 5.74) is 6.31. The maximum Gasteiger partial charge on any atom is 0.252 e. The Labute approximate surface area is 216 Å². The van der Waals surface area contributed by atoms with Crippen molar-refractivity contribution in [2.75, 3.05) is 19.7 Å². The van der Waals surface area contributed by atoms with Crippen molar-refractivity contribution in [2.24, 2.45) is 11.1 Å². The van der Waals surface area contributed by atoms with Gasteiger partial charge in [-0.1, -0.05) is 51.1 Å². The molecule has 2 N–H and O–H groups in total. The highest BCUT2D eigenvalue weighted by atomic mass is 19.1. The van der Waals surface area contributed by atoms with Gasteiger partial charge in [0.1, 0.15) is 17.7 Å². The summed E-state index contributed by atoms with van der Waals surface area (Å²) in [5.74, 6) is -0.743. The van der Waals surface area contributed by atoms with Crippen LogP contribution >= 0.6 is 0 Å². The molecule has 198 valence electrons. The van der Waals surface area contributed by atoms with Crippen LogP contribution in [0.25, 0.3) is 11.4 Å². The molecule has 1 amide bonds. The molecular formula is C28H35F2N5O2. The number of hydrogen-bond donors (Lipinski definition) is 1. The molecule has 0 spiro atoms. The Morgan fingerprint density at radius 2 is 1.97 bits per heavy atom. The van der Waals surface area contributed by atoms with Gasteiger partial charge in [-0.2, -0.15) is 5.10 Å². The normalized spacial score (nSPS) is 16.6. The van der Waals surface area contributed by atoms with Crippen LogP contribution in [-0.4, -0.2) is 51.4 Å². The van der Waals surface area contributed by atoms with Gasteiger partial charge in [0.15, 0.2) is 11.6 Å². The Morgan fingerprint density at radius 3 is 2.62 bits per heavy atom. The van der Waals surface area contributed by atoms with E-state index < -0.39 is 29.2 Å². The molecule has 0 unspecified atom stereocenters. The highest BCUT2D eigenvalue weighted by Crippen LogP contribution is 2.39. The van der Waals surface area contributed by atoms with Gasteiger partial charge in [0.2, 0.25) is 0 Å². The molecular weight excluding hydrogens is 476 g/mol. The van der Waals surface area contributed by atoms with E-state index in [0.29, 0.717) is 44.9 Å². The molecule has 0 bridgehead atoms. The Balaban J connectivity index is 1.86. The first kappa shape index (κ1) is 26.9. The van der Waals surface area contributed by atoms with Gasteiger partial charge in [-0.05, 0) is 55.0 Å². The summed E-state index contributed by atoms with van der Waals surface area (Å²) < 4.78 is 36.3. The maximum atomic E-state index is 14.8. The average Bonchev–Trinajstić information content (AvgIpc) is 3.53. The molecule has 7 nitrogen and oxygen atoms in total. The minimum atomic E-state index is -0.618. The minimum absolute atomic E-state index is 0.0281. The molecule has 0 radical (unpaired) electrons. The quantitative estimate of drug-likeness (QED) is 0.450. The van der Waals surface area contributed by atoms with Gasteiger partial charge in [0.05, 0.1) is 18.2 Å². The van der Waals surface area contributed by atoms with Crippen LogP contribution in [0.5, 0.6) is 0 Å². The minimum Gasteiger partial charge on any atom is -0.368 e. The van der Waals surface area contributed by atoms with E-state index in [1.807, 2.05) is 51.1 Å². The summed E-state index contributed by atoms with van der Waals surface area (Å²) in [6.07, 6.45) is 1.57. The molecule has 4 rings (SSSR count). The van der Waals surface area contributed by atoms with Crippen LogP contribution in [0, 0.1) is 17.0 Å². The fraction of sp³-hybridized carbons (Fsp3) is 0.464. The van der Waals surface area contributed by atoms with E-state index >= 15 is 0 Å². The van der Waals surface area contributed by atoms with E-state index in [4.69, 9.17) is 15.5 Å². The zero-order valence-corrected chi connectivity index (χ0v) is 21.7. The van der Waals surface area contributed by atoms with Crippen LogP contribution in [0.15, 0.2) is 48.5 Å². The van der Waals surface area contributed by atoms with Gasteiger partial charge in [0.25, 0.3) is 5.91 Å². The number of aromatic nitrogens is 3. The van der Waals surface area contributed by atoms with Gasteiger partial charge in [-0.3, -0.25) is 4.79 Å². The average molecular weight is 512 g/mol. The Hall–Kier alpha value is -3.17. The largest absolute Gasteiger partial charge is 0.368 e. The van der Waals surface area contributed by atoms with Crippen molar-refractivity contribution in [3.05, 3.63) is 71.6 Å². The molecule has 1 fully saturated rings. The molecule has 3 aromatic rings. The third-order valence-corrected chi connectivity index (χ3v) is 6.51. The number of halogens is 2. The summed E-state index contributed by atoms with van der Waals surface area (Å²) >= 11 is 0. The summed E-state index contributed by atoms with van der Waals surface area (Å²) in [6.45, 7) is 7.82. The zero-order valence-electron chi connectivity index (χ0n) is 21.7. The Bertz CT molecular complexity index is 1200. The molecule has 1 aromatic heterocycles. The van der Waals surface area contributed by atoms with Crippen LogP contribution in [0.2, 0.25) is 0 Å². The topological polar surface area (TPSA) is 86.3 Å². The predicted molar refractivity (Wildman–Crippen MR) is 137 cm³/mol. The van der Waals surface area contributed by atoms with E-state index in [2.05, 4.69) is 5.10 Å². The van der Waals surface area contributed by atoms with Crippen LogP contribution in [0.3, 0.4) is 0 Å². The number of carbonyl (C=O) groups excluding carboxylic acids is 1. The fourth-order valence-corrected chi connectivity index (χ4v) is 4.79. The lowest BCUT2D eigenvalue weighted by atomic mass is 9.84. The lowest BCUT2D eigenvalue weighted by Crippen LogP contribution is -2.47. The summed E-state index contributed by atoms with van der Waals surface area (Å²) in [4.78, 5) is 20.3. The fourth-order valence-electron chi connectivity index (χ4n) is 4.79. The number of hydrogen-bond acceptors (Lipinski definition) is 5. The van der Waals surface area contributed by atoms with E-state index in [1.54, 1.807) is 9.58 Å². The van der Waals surface area contributed by atoms with Crippen LogP contribution in [-0.2, 0) is 16.1 Å². The molecule has 0 saturated carbocycles. The van der Waals surface area contributed by atoms with E-state index in [-0.39, 0.29) is 17.3 Å². The molecule has 1 aliphatic heterocycles. The van der Waals surface area contributed by atoms with Crippen molar-refractivity contribution >= 4 is 5.91 Å². The van der Waals surface area contributed by atoms with Gasteiger partial charge in [-0.25, -0.2) is 18.4 Å². The van der Waals surface area contributed by atoms with Crippen LogP contribution < -0.4 is 5.73 Å². The highest BCUT2D eigenvalue weighted by molar-refractivity contribution is 5.81. The van der Waals surface area contributed by atoms with Crippen molar-refractivity contribution in [1.29, 1.82) is 0 Å². The number of amides is 1. The van der Waals surface area contributed by atoms with Crippen molar-refractivity contribution < 1.29 is 18.3 Å². The Kier molecular flexibility index (Phi) is 8.34. The molecule has 37 heavy (non-hydrogen) atoms. The number of ether oxygens (including phenoxy) is 1. The maximum absolute atomic E-state index is 14.8. The SMILES string of the molecule is CC(C)(C)[C@H](c1nc(-c2cc(F)ccc2F)nn1Cc1ccccc1)N(CCCN)C(=O)[C@H]1CCCO1. The van der Waals surface area contributed by atoms with E-state index in [9.17, 15) is 13.6 Å². The molecule has 2 aromatic carbocycles. The van der Waals surface area contributed by atoms with Crippen molar-refractivity contribution in [1.82, 2.24) is 19.7 Å². The van der Waals surface area contributed by atoms with Crippen LogP contribution in [0.1, 0.15) is 57.5 Å². The number of nitrogens with zero attached hydrogens (tertiary/aromatic N) is 4. The molecule has 1 aliphatic rings. The second-order valence-corrected chi connectivity index (χ2v) is 10.5. The summed E-state index contributed by atoms with van der Waals surface area (Å²) in [5, 5.41) is 4.64. The molecule has 1 saturated heterocycles. The van der Waals surface area contributed by atoms with Crippen molar-refractivity contribution in [3.8, 4) is 11.4 Å². The van der Waals surface area contributed by atoms with Gasteiger partial charge in [0, 0.05) is 13.2 Å². The highest BCUT2D eigenvalue weighted by Gasteiger charge is 2.41. The summed E-state index contributed by atoms with van der Waals surface area (Å²) in [6, 6.07) is 12.4. The molecule has 0 aliphatic carbocycles. The number of rotatable bonds is 9. The van der Waals surface area contributed by atoms with E-state index in [0.717, 1.165) is 30.2 Å². The molecule has 9 heteroatoms. The first-order valence-electron chi connectivity index (χ1n) is 12.7. The van der Waals surface area contributed by atoms with Crippen molar-refractivity contribution in [3.63, 3.8) is 0 Å². The van der Waals surface area contributed by atoms with Crippen LogP contribution in [0.4, 0.5) is 8.78 Å². The molecule has 2 heterocycles. The standard InChI is InChI=1S/C28H35F2N5O2/c1-28(2,3)24(34(15-8-14-31)27(36)23-11-7-16-37-23)26-32-25(21-17-20(29)12-13-22(21)30)33-35(26)18-19-9-5-4-6-10-19/h4-6,9-10,12-13,17,23-24H,7-8,11,14-16,18,31H2,1-3H3/t23-,24+/m1/s1. The van der Waals surface area contributed by atoms with Gasteiger partial charge >= 0.3 is 0 Å². The zero-order chi connectivity index (χ0) is 26.6. The predicted octanol–water partition coefficient (Wildman–Crippen LogP) is 4.72. The van der Waals surface area contributed by atoms with Gasteiger partial charge < -0.3 is 15.4 Å². The summed E-state index contributed by atoms with van der Waals surface area (Å²) in [7, 11) is 0. The number of benzene rings is 2. The van der Waals surface area contributed by atoms with Gasteiger partial charge in [-0.15, -0.1) is 0 Å². The second kappa shape index (κ2) is 11.5. The lowest BCUT2D eigenvalue weighted by molar-refractivity contribution is -0.146. The molecule has 2 atom stereocenters. The first-order valence-corrected chi connectivity index (χ1v) is 12.7. The van der Waals surface area contributed by atoms with Crippen molar-refractivity contribution in [2.45, 2.75) is 58.7 Å². The second-order valence-electron chi connectivity index (χ2n) is 10.5. The lowest BCUT2D eigenvalue weighted by Gasteiger charge is -2.40. The smallest absolute Gasteiger partial charge is 0.252 e.